The van der Waals surface area contributed by atoms with Gasteiger partial charge in [0, 0.05) is 39.2 Å². The maximum atomic E-state index is 4.93. The number of nitrogens with zero attached hydrogens (tertiary/aromatic N) is 2. The molecular formula is C39H38N2. The highest BCUT2D eigenvalue weighted by Crippen LogP contribution is 2.25. The summed E-state index contributed by atoms with van der Waals surface area (Å²) in [6.45, 7) is 6.50. The Balaban J connectivity index is 1.33. The predicted octanol–water partition coefficient (Wildman–Crippen LogP) is 9.36. The van der Waals surface area contributed by atoms with E-state index in [9.17, 15) is 0 Å². The molecule has 0 aliphatic heterocycles. The minimum Gasteiger partial charge on any atom is -0.253 e. The Morgan fingerprint density at radius 1 is 0.561 bits per heavy atom. The Labute approximate surface area is 245 Å². The third-order valence-corrected chi connectivity index (χ3v) is 7.57. The summed E-state index contributed by atoms with van der Waals surface area (Å²) in [6.07, 6.45) is 11.7. The molecule has 0 spiro atoms. The average molecular weight is 535 g/mol. The minimum atomic E-state index is 0.894. The van der Waals surface area contributed by atoms with Crippen LogP contribution in [-0.4, -0.2) is 9.97 Å². The van der Waals surface area contributed by atoms with Crippen LogP contribution in [0.15, 0.2) is 79.0 Å². The Kier molecular flexibility index (Phi) is 9.46. The van der Waals surface area contributed by atoms with Gasteiger partial charge in [0.15, 0.2) is 0 Å². The summed E-state index contributed by atoms with van der Waals surface area (Å²) >= 11 is 0. The second-order valence-corrected chi connectivity index (χ2v) is 10.9. The first kappa shape index (κ1) is 28.1. The van der Waals surface area contributed by atoms with Gasteiger partial charge >= 0.3 is 0 Å². The third-order valence-electron chi connectivity index (χ3n) is 7.57. The number of aromatic nitrogens is 2. The number of fused-ring (bicyclic) bond motifs is 3. The van der Waals surface area contributed by atoms with Crippen LogP contribution in [0.2, 0.25) is 0 Å². The van der Waals surface area contributed by atoms with Gasteiger partial charge in [-0.15, -0.1) is 0 Å². The van der Waals surface area contributed by atoms with Crippen LogP contribution >= 0.6 is 0 Å². The van der Waals surface area contributed by atoms with Crippen LogP contribution in [0, 0.1) is 30.6 Å². The molecule has 0 radical (unpaired) electrons. The summed E-state index contributed by atoms with van der Waals surface area (Å²) in [6, 6.07) is 25.7. The molecule has 2 nitrogen and oxygen atoms in total. The molecule has 0 saturated carbocycles. The first-order valence-corrected chi connectivity index (χ1v) is 15.0. The second kappa shape index (κ2) is 13.8. The highest BCUT2D eigenvalue weighted by Gasteiger charge is 2.07. The first-order chi connectivity index (χ1) is 20.1. The van der Waals surface area contributed by atoms with Gasteiger partial charge in [0.25, 0.3) is 0 Å². The lowest BCUT2D eigenvalue weighted by molar-refractivity contribution is 0.717. The zero-order chi connectivity index (χ0) is 28.4. The van der Waals surface area contributed by atoms with Crippen molar-refractivity contribution in [1.29, 1.82) is 0 Å². The predicted molar refractivity (Wildman–Crippen MR) is 173 cm³/mol. The maximum absolute atomic E-state index is 4.93. The van der Waals surface area contributed by atoms with Crippen molar-refractivity contribution in [2.24, 2.45) is 0 Å². The number of rotatable bonds is 8. The Hall–Kier alpha value is -4.40. The summed E-state index contributed by atoms with van der Waals surface area (Å²) in [5.41, 5.74) is 9.38. The van der Waals surface area contributed by atoms with Gasteiger partial charge in [0.05, 0.1) is 16.7 Å². The fourth-order valence-corrected chi connectivity index (χ4v) is 5.07. The van der Waals surface area contributed by atoms with E-state index in [4.69, 9.17) is 9.97 Å². The van der Waals surface area contributed by atoms with E-state index >= 15 is 0 Å². The number of benzene rings is 3. The summed E-state index contributed by atoms with van der Waals surface area (Å²) < 4.78 is 0. The van der Waals surface area contributed by atoms with Gasteiger partial charge in [-0.3, -0.25) is 4.98 Å². The lowest BCUT2D eigenvalue weighted by atomic mass is 10.0. The molecule has 0 amide bonds. The van der Waals surface area contributed by atoms with Crippen molar-refractivity contribution in [2.45, 2.75) is 72.1 Å². The summed E-state index contributed by atoms with van der Waals surface area (Å²) in [4.78, 5) is 9.70. The number of unbranched alkanes of at least 4 members (excludes halogenated alkanes) is 4. The zero-order valence-electron chi connectivity index (χ0n) is 24.6. The van der Waals surface area contributed by atoms with Crippen molar-refractivity contribution < 1.29 is 0 Å². The minimum absolute atomic E-state index is 0.894. The molecule has 0 aliphatic rings. The van der Waals surface area contributed by atoms with Crippen LogP contribution in [0.4, 0.5) is 0 Å². The van der Waals surface area contributed by atoms with Crippen molar-refractivity contribution in [3.05, 3.63) is 118 Å². The number of hydrogen-bond donors (Lipinski definition) is 0. The van der Waals surface area contributed by atoms with E-state index in [2.05, 4.69) is 110 Å². The molecule has 41 heavy (non-hydrogen) atoms. The SMILES string of the molecule is CCCCCc1ccc(C#Cc2cnc3c(ccc4cc(C#Cc5ccc(CCCCC)cc5)c(C)nc43)c2)cc1. The van der Waals surface area contributed by atoms with Crippen LogP contribution in [-0.2, 0) is 12.8 Å². The van der Waals surface area contributed by atoms with E-state index in [-0.39, 0.29) is 0 Å². The molecule has 0 aliphatic carbocycles. The average Bonchev–Trinajstić information content (AvgIpc) is 3.00. The third kappa shape index (κ3) is 7.42. The van der Waals surface area contributed by atoms with E-state index in [1.165, 1.54) is 49.7 Å². The normalized spacial score (nSPS) is 10.7. The lowest BCUT2D eigenvalue weighted by Gasteiger charge is -2.06. The van der Waals surface area contributed by atoms with Crippen LogP contribution < -0.4 is 0 Å². The highest BCUT2D eigenvalue weighted by molar-refractivity contribution is 6.03. The van der Waals surface area contributed by atoms with Gasteiger partial charge in [-0.25, -0.2) is 4.98 Å². The molecule has 0 bridgehead atoms. The van der Waals surface area contributed by atoms with Gasteiger partial charge < -0.3 is 0 Å². The van der Waals surface area contributed by atoms with E-state index in [0.29, 0.717) is 0 Å². The number of hydrogen-bond acceptors (Lipinski definition) is 2. The molecule has 2 heterocycles. The lowest BCUT2D eigenvalue weighted by Crippen LogP contribution is -1.93. The standard InChI is InChI=1S/C39H38N2/c1-4-6-8-10-30-12-16-32(17-13-30)20-21-34-26-36-24-25-37-27-35(29(3)41-39(37)38(36)40-28-34)23-22-33-18-14-31(15-19-33)11-9-7-5-2/h12-19,24-28H,4-11H2,1-3H3. The molecule has 0 saturated heterocycles. The highest BCUT2D eigenvalue weighted by atomic mass is 14.7. The van der Waals surface area contributed by atoms with Crippen LogP contribution in [0.1, 0.15) is 91.4 Å². The van der Waals surface area contributed by atoms with E-state index in [0.717, 1.165) is 62.6 Å². The fourth-order valence-electron chi connectivity index (χ4n) is 5.07. The Morgan fingerprint density at radius 2 is 1.10 bits per heavy atom. The molecule has 204 valence electrons. The fraction of sp³-hybridized carbons (Fsp3) is 0.282. The summed E-state index contributed by atoms with van der Waals surface area (Å²) in [5, 5.41) is 2.09. The van der Waals surface area contributed by atoms with Gasteiger partial charge in [-0.05, 0) is 80.1 Å². The van der Waals surface area contributed by atoms with Crippen molar-refractivity contribution >= 4 is 21.8 Å². The van der Waals surface area contributed by atoms with Gasteiger partial charge in [-0.2, -0.15) is 0 Å². The molecular weight excluding hydrogens is 496 g/mol. The second-order valence-electron chi connectivity index (χ2n) is 10.9. The van der Waals surface area contributed by atoms with Crippen LogP contribution in [0.25, 0.3) is 21.8 Å². The van der Waals surface area contributed by atoms with E-state index in [1.807, 2.05) is 13.1 Å². The number of pyridine rings is 2. The molecule has 5 rings (SSSR count). The maximum Gasteiger partial charge on any atom is 0.0968 e. The smallest absolute Gasteiger partial charge is 0.0968 e. The molecule has 0 N–H and O–H groups in total. The van der Waals surface area contributed by atoms with Crippen molar-refractivity contribution in [1.82, 2.24) is 9.97 Å². The molecule has 0 unspecified atom stereocenters. The summed E-state index contributed by atoms with van der Waals surface area (Å²) in [7, 11) is 0. The first-order valence-electron chi connectivity index (χ1n) is 15.0. The molecule has 2 aromatic heterocycles. The Morgan fingerprint density at radius 3 is 1.68 bits per heavy atom. The van der Waals surface area contributed by atoms with E-state index < -0.39 is 0 Å². The zero-order valence-corrected chi connectivity index (χ0v) is 24.6. The van der Waals surface area contributed by atoms with Crippen LogP contribution in [0.5, 0.6) is 0 Å². The number of aryl methyl sites for hydroxylation is 3. The monoisotopic (exact) mass is 534 g/mol. The molecule has 5 aromatic rings. The van der Waals surface area contributed by atoms with Gasteiger partial charge in [0.1, 0.15) is 0 Å². The molecule has 3 aromatic carbocycles. The van der Waals surface area contributed by atoms with E-state index in [1.54, 1.807) is 0 Å². The molecule has 0 fully saturated rings. The molecule has 2 heteroatoms. The largest absolute Gasteiger partial charge is 0.253 e. The Bertz CT molecular complexity index is 1760. The van der Waals surface area contributed by atoms with Crippen molar-refractivity contribution in [3.63, 3.8) is 0 Å². The van der Waals surface area contributed by atoms with Crippen molar-refractivity contribution in [3.8, 4) is 23.7 Å². The van der Waals surface area contributed by atoms with Crippen LogP contribution in [0.3, 0.4) is 0 Å². The van der Waals surface area contributed by atoms with Crippen molar-refractivity contribution in [2.75, 3.05) is 0 Å². The van der Waals surface area contributed by atoms with Gasteiger partial charge in [0.2, 0.25) is 0 Å². The van der Waals surface area contributed by atoms with Gasteiger partial charge in [-0.1, -0.05) is 99.6 Å². The quantitative estimate of drug-likeness (QED) is 0.113. The summed E-state index contributed by atoms with van der Waals surface area (Å²) in [5.74, 6) is 13.3. The molecule has 0 atom stereocenters. The topological polar surface area (TPSA) is 25.8 Å².